The van der Waals surface area contributed by atoms with Crippen LogP contribution in [0.25, 0.3) is 0 Å². The van der Waals surface area contributed by atoms with E-state index in [4.69, 9.17) is 27.9 Å². The first-order valence-corrected chi connectivity index (χ1v) is 9.40. The zero-order valence-corrected chi connectivity index (χ0v) is 16.1. The van der Waals surface area contributed by atoms with Crippen molar-refractivity contribution in [3.05, 3.63) is 94.0 Å². The lowest BCUT2D eigenvalue weighted by Crippen LogP contribution is -2.12. The Bertz CT molecular complexity index is 913. The summed E-state index contributed by atoms with van der Waals surface area (Å²) in [6.45, 7) is 0.606. The van der Waals surface area contributed by atoms with Crippen molar-refractivity contribution in [2.24, 2.45) is 0 Å². The number of ether oxygens (including phenoxy) is 1. The summed E-state index contributed by atoms with van der Waals surface area (Å²) in [7, 11) is 0. The minimum atomic E-state index is -0.294. The number of carbonyl (C=O) groups excluding carboxylic acids is 1. The van der Waals surface area contributed by atoms with E-state index in [0.29, 0.717) is 33.7 Å². The van der Waals surface area contributed by atoms with E-state index in [0.717, 1.165) is 12.8 Å². The molecule has 5 heteroatoms. The summed E-state index contributed by atoms with van der Waals surface area (Å²) in [4.78, 5) is 12.4. The van der Waals surface area contributed by atoms with Gasteiger partial charge in [-0.05, 0) is 48.7 Å². The Balaban J connectivity index is 1.54. The molecule has 1 N–H and O–H groups in total. The van der Waals surface area contributed by atoms with Gasteiger partial charge in [0, 0.05) is 16.8 Å². The first kappa shape index (κ1) is 19.3. The standard InChI is InChI=1S/C22H19Cl2NO2/c23-17-11-12-20(21(24)14-17)22(26)25-18-9-4-10-19(15-18)27-13-5-8-16-6-2-1-3-7-16/h1-4,6-7,9-12,14-15H,5,8,13H2,(H,25,26). The van der Waals surface area contributed by atoms with Crippen LogP contribution in [0, 0.1) is 0 Å². The van der Waals surface area contributed by atoms with Gasteiger partial charge in [-0.25, -0.2) is 0 Å². The fourth-order valence-electron chi connectivity index (χ4n) is 2.65. The highest BCUT2D eigenvalue weighted by Crippen LogP contribution is 2.23. The smallest absolute Gasteiger partial charge is 0.257 e. The summed E-state index contributed by atoms with van der Waals surface area (Å²) in [5.41, 5.74) is 2.31. The zero-order valence-electron chi connectivity index (χ0n) is 14.6. The molecule has 3 aromatic carbocycles. The van der Waals surface area contributed by atoms with Crippen molar-refractivity contribution in [1.82, 2.24) is 0 Å². The average molecular weight is 400 g/mol. The number of anilines is 1. The van der Waals surface area contributed by atoms with Gasteiger partial charge in [-0.2, -0.15) is 0 Å². The molecular formula is C22H19Cl2NO2. The Hall–Kier alpha value is -2.49. The summed E-state index contributed by atoms with van der Waals surface area (Å²) in [6, 6.07) is 22.4. The summed E-state index contributed by atoms with van der Waals surface area (Å²) in [6.07, 6.45) is 1.88. The molecule has 0 heterocycles. The van der Waals surface area contributed by atoms with Crippen LogP contribution in [-0.4, -0.2) is 12.5 Å². The highest BCUT2D eigenvalue weighted by atomic mass is 35.5. The van der Waals surface area contributed by atoms with Gasteiger partial charge < -0.3 is 10.1 Å². The third-order valence-electron chi connectivity index (χ3n) is 3.99. The first-order chi connectivity index (χ1) is 13.1. The molecule has 3 rings (SSSR count). The lowest BCUT2D eigenvalue weighted by Gasteiger charge is -2.10. The number of halogens is 2. The van der Waals surface area contributed by atoms with E-state index in [9.17, 15) is 4.79 Å². The Morgan fingerprint density at radius 3 is 2.52 bits per heavy atom. The molecule has 0 atom stereocenters. The van der Waals surface area contributed by atoms with Crippen LogP contribution in [0.5, 0.6) is 5.75 Å². The monoisotopic (exact) mass is 399 g/mol. The van der Waals surface area contributed by atoms with E-state index in [1.165, 1.54) is 5.56 Å². The second kappa shape index (κ2) is 9.45. The van der Waals surface area contributed by atoms with Crippen molar-refractivity contribution in [2.45, 2.75) is 12.8 Å². The van der Waals surface area contributed by atoms with Crippen LogP contribution in [0.3, 0.4) is 0 Å². The van der Waals surface area contributed by atoms with E-state index < -0.39 is 0 Å². The average Bonchev–Trinajstić information content (AvgIpc) is 2.66. The van der Waals surface area contributed by atoms with Gasteiger partial charge in [0.25, 0.3) is 5.91 Å². The van der Waals surface area contributed by atoms with Crippen LogP contribution in [-0.2, 0) is 6.42 Å². The highest BCUT2D eigenvalue weighted by Gasteiger charge is 2.11. The second-order valence-corrected chi connectivity index (χ2v) is 6.89. The van der Waals surface area contributed by atoms with Crippen molar-refractivity contribution >= 4 is 34.8 Å². The van der Waals surface area contributed by atoms with Crippen LogP contribution in [0.15, 0.2) is 72.8 Å². The summed E-state index contributed by atoms with van der Waals surface area (Å²) >= 11 is 12.0. The van der Waals surface area contributed by atoms with Crippen molar-refractivity contribution in [3.63, 3.8) is 0 Å². The molecule has 0 saturated carbocycles. The molecule has 3 aromatic rings. The molecule has 0 radical (unpaired) electrons. The van der Waals surface area contributed by atoms with Crippen LogP contribution < -0.4 is 10.1 Å². The molecule has 0 fully saturated rings. The topological polar surface area (TPSA) is 38.3 Å². The van der Waals surface area contributed by atoms with E-state index >= 15 is 0 Å². The van der Waals surface area contributed by atoms with Crippen molar-refractivity contribution in [2.75, 3.05) is 11.9 Å². The molecule has 0 aliphatic carbocycles. The fraction of sp³-hybridized carbons (Fsp3) is 0.136. The van der Waals surface area contributed by atoms with E-state index in [1.807, 2.05) is 30.3 Å². The molecule has 1 amide bonds. The third kappa shape index (κ3) is 5.75. The maximum absolute atomic E-state index is 12.4. The van der Waals surface area contributed by atoms with Gasteiger partial charge in [-0.1, -0.05) is 59.6 Å². The fourth-order valence-corrected chi connectivity index (χ4v) is 3.14. The maximum Gasteiger partial charge on any atom is 0.257 e. The van der Waals surface area contributed by atoms with Crippen molar-refractivity contribution in [1.29, 1.82) is 0 Å². The van der Waals surface area contributed by atoms with E-state index in [1.54, 1.807) is 30.3 Å². The predicted octanol–water partition coefficient (Wildman–Crippen LogP) is 6.26. The zero-order chi connectivity index (χ0) is 19.1. The van der Waals surface area contributed by atoms with Crippen molar-refractivity contribution in [3.8, 4) is 5.75 Å². The number of hydrogen-bond donors (Lipinski definition) is 1. The summed E-state index contributed by atoms with van der Waals surface area (Å²) in [5.74, 6) is 0.418. The van der Waals surface area contributed by atoms with Gasteiger partial charge in [-0.3, -0.25) is 4.79 Å². The first-order valence-electron chi connectivity index (χ1n) is 8.65. The Morgan fingerprint density at radius 2 is 1.74 bits per heavy atom. The number of amides is 1. The molecular weight excluding hydrogens is 381 g/mol. The van der Waals surface area contributed by atoms with Gasteiger partial charge in [0.2, 0.25) is 0 Å². The van der Waals surface area contributed by atoms with Gasteiger partial charge in [0.15, 0.2) is 0 Å². The molecule has 3 nitrogen and oxygen atoms in total. The van der Waals surface area contributed by atoms with Crippen molar-refractivity contribution < 1.29 is 9.53 Å². The Morgan fingerprint density at radius 1 is 0.926 bits per heavy atom. The molecule has 0 unspecified atom stereocenters. The number of rotatable bonds is 7. The van der Waals surface area contributed by atoms with Gasteiger partial charge in [-0.15, -0.1) is 0 Å². The normalized spacial score (nSPS) is 10.4. The van der Waals surface area contributed by atoms with Gasteiger partial charge in [0.05, 0.1) is 17.2 Å². The highest BCUT2D eigenvalue weighted by molar-refractivity contribution is 6.37. The Kier molecular flexibility index (Phi) is 6.74. The largest absolute Gasteiger partial charge is 0.494 e. The molecule has 0 aliphatic rings. The minimum Gasteiger partial charge on any atom is -0.494 e. The minimum absolute atomic E-state index is 0.294. The molecule has 0 bridgehead atoms. The lowest BCUT2D eigenvalue weighted by molar-refractivity contribution is 0.102. The maximum atomic E-state index is 12.4. The van der Waals surface area contributed by atoms with Crippen LogP contribution >= 0.6 is 23.2 Å². The molecule has 27 heavy (non-hydrogen) atoms. The van der Waals surface area contributed by atoms with Gasteiger partial charge in [0.1, 0.15) is 5.75 Å². The predicted molar refractivity (Wildman–Crippen MR) is 111 cm³/mol. The molecule has 0 spiro atoms. The van der Waals surface area contributed by atoms with Crippen LogP contribution in [0.2, 0.25) is 10.0 Å². The molecule has 0 aliphatic heterocycles. The SMILES string of the molecule is O=C(Nc1cccc(OCCCc2ccccc2)c1)c1ccc(Cl)cc1Cl. The Labute approximate surface area is 168 Å². The molecule has 0 saturated heterocycles. The molecule has 138 valence electrons. The molecule has 0 aromatic heterocycles. The van der Waals surface area contributed by atoms with Crippen LogP contribution in [0.1, 0.15) is 22.3 Å². The number of aryl methyl sites for hydroxylation is 1. The van der Waals surface area contributed by atoms with E-state index in [-0.39, 0.29) is 5.91 Å². The number of carbonyl (C=O) groups is 1. The van der Waals surface area contributed by atoms with E-state index in [2.05, 4.69) is 17.4 Å². The number of benzene rings is 3. The second-order valence-electron chi connectivity index (χ2n) is 6.04. The lowest BCUT2D eigenvalue weighted by atomic mass is 10.1. The summed E-state index contributed by atoms with van der Waals surface area (Å²) < 4.78 is 5.80. The third-order valence-corrected chi connectivity index (χ3v) is 4.54. The quantitative estimate of drug-likeness (QED) is 0.476. The van der Waals surface area contributed by atoms with Gasteiger partial charge >= 0.3 is 0 Å². The number of nitrogens with one attached hydrogen (secondary N) is 1. The van der Waals surface area contributed by atoms with Crippen LogP contribution in [0.4, 0.5) is 5.69 Å². The summed E-state index contributed by atoms with van der Waals surface area (Å²) in [5, 5.41) is 3.63. The number of hydrogen-bond acceptors (Lipinski definition) is 2.